The van der Waals surface area contributed by atoms with Crippen LogP contribution in [0.5, 0.6) is 0 Å². The van der Waals surface area contributed by atoms with Gasteiger partial charge in [-0.05, 0) is 51.0 Å². The van der Waals surface area contributed by atoms with Gasteiger partial charge < -0.3 is 15.0 Å². The maximum absolute atomic E-state index is 12.5. The monoisotopic (exact) mass is 369 g/mol. The molecule has 1 amide bonds. The molecule has 0 atom stereocenters. The van der Waals surface area contributed by atoms with E-state index >= 15 is 0 Å². The van der Waals surface area contributed by atoms with E-state index in [-0.39, 0.29) is 12.0 Å². The highest BCUT2D eigenvalue weighted by molar-refractivity contribution is 5.94. The number of carbonyl (C=O) groups is 1. The van der Waals surface area contributed by atoms with Crippen LogP contribution >= 0.6 is 0 Å². The molecule has 4 nitrogen and oxygen atoms in total. The molecular formula is C23H33N2O2+. The van der Waals surface area contributed by atoms with E-state index in [2.05, 4.69) is 37.4 Å². The lowest BCUT2D eigenvalue weighted by Crippen LogP contribution is -3.10. The second-order valence-electron chi connectivity index (χ2n) is 7.14. The van der Waals surface area contributed by atoms with Crippen LogP contribution in [0.1, 0.15) is 54.7 Å². The number of ether oxygens (including phenoxy) is 1. The van der Waals surface area contributed by atoms with Gasteiger partial charge in [0, 0.05) is 17.7 Å². The molecule has 0 aromatic heterocycles. The highest BCUT2D eigenvalue weighted by atomic mass is 16.5. The number of quaternary nitrogens is 1. The van der Waals surface area contributed by atoms with Crippen LogP contribution in [-0.2, 0) is 24.4 Å². The number of hydrogen-bond donors (Lipinski definition) is 2. The van der Waals surface area contributed by atoms with E-state index in [1.165, 1.54) is 16.0 Å². The minimum absolute atomic E-state index is 0.0451. The lowest BCUT2D eigenvalue weighted by atomic mass is 10.1. The summed E-state index contributed by atoms with van der Waals surface area (Å²) in [6.07, 6.45) is 0.200. The molecule has 0 unspecified atom stereocenters. The molecule has 0 fully saturated rings. The van der Waals surface area contributed by atoms with E-state index in [1.807, 2.05) is 44.2 Å². The van der Waals surface area contributed by atoms with Gasteiger partial charge in [-0.25, -0.2) is 0 Å². The van der Waals surface area contributed by atoms with Gasteiger partial charge in [0.15, 0.2) is 0 Å². The molecule has 2 N–H and O–H groups in total. The molecule has 0 aliphatic rings. The largest absolute Gasteiger partial charge is 0.374 e. The molecular weight excluding hydrogens is 336 g/mol. The van der Waals surface area contributed by atoms with Crippen LogP contribution in [-0.4, -0.2) is 25.1 Å². The molecule has 2 rings (SSSR count). The zero-order valence-electron chi connectivity index (χ0n) is 17.0. The fraction of sp³-hybridized carbons (Fsp3) is 0.435. The smallest absolute Gasteiger partial charge is 0.251 e. The van der Waals surface area contributed by atoms with Gasteiger partial charge >= 0.3 is 0 Å². The van der Waals surface area contributed by atoms with E-state index in [9.17, 15) is 4.79 Å². The Balaban J connectivity index is 1.95. The third kappa shape index (κ3) is 6.81. The molecule has 0 aliphatic carbocycles. The molecule has 2 aromatic carbocycles. The van der Waals surface area contributed by atoms with Crippen LogP contribution in [0.3, 0.4) is 0 Å². The van der Waals surface area contributed by atoms with E-state index in [1.54, 1.807) is 0 Å². The number of amides is 1. The van der Waals surface area contributed by atoms with Gasteiger partial charge in [0.05, 0.1) is 25.8 Å². The van der Waals surface area contributed by atoms with Crippen molar-refractivity contribution in [1.29, 1.82) is 0 Å². The average molecular weight is 370 g/mol. The maximum Gasteiger partial charge on any atom is 0.251 e. The van der Waals surface area contributed by atoms with Gasteiger partial charge in [-0.1, -0.05) is 36.4 Å². The standard InChI is InChI=1S/C23H32N2O2/c1-5-25(6-2)16-22-10-8-7-9-21(22)15-24-23(26)20-13-11-19(12-14-20)17-27-18(3)4/h7-14,18H,5-6,15-17H2,1-4H3,(H,24,26)/p+1. The summed E-state index contributed by atoms with van der Waals surface area (Å²) < 4.78 is 5.59. The van der Waals surface area contributed by atoms with E-state index in [0.717, 1.165) is 25.2 Å². The third-order valence-corrected chi connectivity index (χ3v) is 4.80. The lowest BCUT2D eigenvalue weighted by molar-refractivity contribution is -0.910. The van der Waals surface area contributed by atoms with Crippen LogP contribution in [0.2, 0.25) is 0 Å². The zero-order valence-corrected chi connectivity index (χ0v) is 17.0. The molecule has 0 aliphatic heterocycles. The van der Waals surface area contributed by atoms with E-state index in [4.69, 9.17) is 4.74 Å². The van der Waals surface area contributed by atoms with Crippen molar-refractivity contribution in [2.45, 2.75) is 53.5 Å². The molecule has 0 saturated carbocycles. The number of hydrogen-bond acceptors (Lipinski definition) is 2. The Hall–Kier alpha value is -2.17. The molecule has 27 heavy (non-hydrogen) atoms. The number of carbonyl (C=O) groups excluding carboxylic acids is 1. The summed E-state index contributed by atoms with van der Waals surface area (Å²) >= 11 is 0. The SMILES string of the molecule is CC[NH+](CC)Cc1ccccc1CNC(=O)c1ccc(COC(C)C)cc1. The Morgan fingerprint density at radius 1 is 1.00 bits per heavy atom. The number of rotatable bonds is 10. The Labute approximate surface area is 163 Å². The van der Waals surface area contributed by atoms with Crippen molar-refractivity contribution in [2.75, 3.05) is 13.1 Å². The summed E-state index contributed by atoms with van der Waals surface area (Å²) in [6, 6.07) is 16.0. The highest BCUT2D eigenvalue weighted by Gasteiger charge is 2.11. The maximum atomic E-state index is 12.5. The summed E-state index contributed by atoms with van der Waals surface area (Å²) in [5, 5.41) is 3.06. The van der Waals surface area contributed by atoms with Crippen molar-refractivity contribution in [2.24, 2.45) is 0 Å². The normalized spacial score (nSPS) is 11.2. The first kappa shape index (κ1) is 21.1. The van der Waals surface area contributed by atoms with E-state index in [0.29, 0.717) is 18.7 Å². The van der Waals surface area contributed by atoms with Crippen LogP contribution in [0.25, 0.3) is 0 Å². The predicted molar refractivity (Wildman–Crippen MR) is 110 cm³/mol. The third-order valence-electron chi connectivity index (χ3n) is 4.80. The van der Waals surface area contributed by atoms with Gasteiger partial charge in [0.25, 0.3) is 5.91 Å². The van der Waals surface area contributed by atoms with Crippen LogP contribution < -0.4 is 10.2 Å². The quantitative estimate of drug-likeness (QED) is 0.676. The Morgan fingerprint density at radius 2 is 1.63 bits per heavy atom. The van der Waals surface area contributed by atoms with Crippen molar-refractivity contribution >= 4 is 5.91 Å². The summed E-state index contributed by atoms with van der Waals surface area (Å²) in [5.41, 5.74) is 4.24. The van der Waals surface area contributed by atoms with Crippen molar-refractivity contribution < 1.29 is 14.4 Å². The van der Waals surface area contributed by atoms with Gasteiger partial charge in [-0.2, -0.15) is 0 Å². The molecule has 0 heterocycles. The minimum Gasteiger partial charge on any atom is -0.374 e. The van der Waals surface area contributed by atoms with Gasteiger partial charge in [-0.3, -0.25) is 4.79 Å². The number of nitrogens with one attached hydrogen (secondary N) is 2. The second-order valence-corrected chi connectivity index (χ2v) is 7.14. The zero-order chi connectivity index (χ0) is 19.6. The minimum atomic E-state index is -0.0451. The molecule has 2 aromatic rings. The Morgan fingerprint density at radius 3 is 2.22 bits per heavy atom. The van der Waals surface area contributed by atoms with Gasteiger partial charge in [0.2, 0.25) is 0 Å². The van der Waals surface area contributed by atoms with Gasteiger partial charge in [-0.15, -0.1) is 0 Å². The topological polar surface area (TPSA) is 42.8 Å². The average Bonchev–Trinajstić information content (AvgIpc) is 2.69. The molecule has 146 valence electrons. The summed E-state index contributed by atoms with van der Waals surface area (Å²) in [5.74, 6) is -0.0451. The summed E-state index contributed by atoms with van der Waals surface area (Å²) in [7, 11) is 0. The number of benzene rings is 2. The molecule has 0 radical (unpaired) electrons. The molecule has 4 heteroatoms. The lowest BCUT2D eigenvalue weighted by Gasteiger charge is -2.18. The second kappa shape index (κ2) is 10.9. The van der Waals surface area contributed by atoms with Crippen LogP contribution in [0.4, 0.5) is 0 Å². The van der Waals surface area contributed by atoms with E-state index < -0.39 is 0 Å². The van der Waals surface area contributed by atoms with Crippen LogP contribution in [0, 0.1) is 0 Å². The molecule has 0 spiro atoms. The van der Waals surface area contributed by atoms with Crippen LogP contribution in [0.15, 0.2) is 48.5 Å². The fourth-order valence-electron chi connectivity index (χ4n) is 2.96. The Bertz CT molecular complexity index is 707. The van der Waals surface area contributed by atoms with Gasteiger partial charge in [0.1, 0.15) is 6.54 Å². The first-order valence-corrected chi connectivity index (χ1v) is 9.92. The summed E-state index contributed by atoms with van der Waals surface area (Å²) in [4.78, 5) is 14.0. The highest BCUT2D eigenvalue weighted by Crippen LogP contribution is 2.10. The first-order chi connectivity index (χ1) is 13.0. The van der Waals surface area contributed by atoms with Crippen molar-refractivity contribution in [3.05, 3.63) is 70.8 Å². The molecule has 0 bridgehead atoms. The predicted octanol–water partition coefficient (Wildman–Crippen LogP) is 2.97. The van der Waals surface area contributed by atoms with Crippen molar-refractivity contribution in [3.63, 3.8) is 0 Å². The van der Waals surface area contributed by atoms with Crippen molar-refractivity contribution in [3.8, 4) is 0 Å². The summed E-state index contributed by atoms with van der Waals surface area (Å²) in [6.45, 7) is 12.8. The van der Waals surface area contributed by atoms with Crippen molar-refractivity contribution in [1.82, 2.24) is 5.32 Å². The first-order valence-electron chi connectivity index (χ1n) is 9.92. The Kier molecular flexibility index (Phi) is 8.49. The fourth-order valence-corrected chi connectivity index (χ4v) is 2.96. The molecule has 0 saturated heterocycles.